The quantitative estimate of drug-likeness (QED) is 0.820. The maximum atomic E-state index is 12.0. The third kappa shape index (κ3) is 5.36. The van der Waals surface area contributed by atoms with E-state index in [1.165, 1.54) is 0 Å². The van der Waals surface area contributed by atoms with Crippen molar-refractivity contribution in [2.24, 2.45) is 17.6 Å². The summed E-state index contributed by atoms with van der Waals surface area (Å²) in [5, 5.41) is 8.91. The molecular formula is C14H26N2O4. The molecule has 0 bridgehead atoms. The summed E-state index contributed by atoms with van der Waals surface area (Å²) in [6.07, 6.45) is 1.51. The monoisotopic (exact) mass is 286 g/mol. The van der Waals surface area contributed by atoms with Crippen molar-refractivity contribution in [3.63, 3.8) is 0 Å². The number of carboxylic acid groups (broad SMARTS) is 1. The lowest BCUT2D eigenvalue weighted by molar-refractivity contribution is -0.138. The number of amides is 1. The summed E-state index contributed by atoms with van der Waals surface area (Å²) in [5.74, 6) is -0.787. The summed E-state index contributed by atoms with van der Waals surface area (Å²) < 4.78 is 5.36. The Kier molecular flexibility index (Phi) is 5.80. The highest BCUT2D eigenvalue weighted by molar-refractivity contribution is 5.68. The number of nitrogens with zero attached hydrogens (tertiary/aromatic N) is 1. The number of likely N-dealkylation sites (tertiary alicyclic amines) is 1. The maximum absolute atomic E-state index is 12.0. The summed E-state index contributed by atoms with van der Waals surface area (Å²) >= 11 is 0. The van der Waals surface area contributed by atoms with Crippen molar-refractivity contribution < 1.29 is 19.4 Å². The molecule has 1 heterocycles. The van der Waals surface area contributed by atoms with Crippen LogP contribution in [0.1, 0.15) is 40.0 Å². The van der Waals surface area contributed by atoms with Crippen LogP contribution in [0.2, 0.25) is 0 Å². The number of rotatable bonds is 4. The zero-order valence-corrected chi connectivity index (χ0v) is 12.6. The van der Waals surface area contributed by atoms with Gasteiger partial charge < -0.3 is 20.5 Å². The lowest BCUT2D eigenvalue weighted by Gasteiger charge is -2.37. The summed E-state index contributed by atoms with van der Waals surface area (Å²) in [7, 11) is 0. The summed E-state index contributed by atoms with van der Waals surface area (Å²) in [5.41, 5.74) is 5.16. The van der Waals surface area contributed by atoms with Gasteiger partial charge >= 0.3 is 12.1 Å². The Morgan fingerprint density at radius 3 is 2.60 bits per heavy atom. The molecule has 6 nitrogen and oxygen atoms in total. The number of carbonyl (C=O) groups is 2. The van der Waals surface area contributed by atoms with Gasteiger partial charge in [0.15, 0.2) is 0 Å². The standard InChI is InChI=1S/C14H26N2O4/c1-14(2,3)20-13(19)16-6-4-5-10(9-16)11(8-15)7-12(17)18/h10-11H,4-9,15H2,1-3H3,(H,17,18). The van der Waals surface area contributed by atoms with Gasteiger partial charge in [0.2, 0.25) is 0 Å². The van der Waals surface area contributed by atoms with Crippen molar-refractivity contribution in [3.05, 3.63) is 0 Å². The van der Waals surface area contributed by atoms with Crippen LogP contribution in [-0.4, -0.2) is 47.3 Å². The molecule has 0 aromatic rings. The second-order valence-electron chi connectivity index (χ2n) is 6.42. The zero-order chi connectivity index (χ0) is 15.3. The molecule has 1 amide bonds. The Balaban J connectivity index is 2.61. The van der Waals surface area contributed by atoms with Gasteiger partial charge in [0.05, 0.1) is 0 Å². The molecule has 20 heavy (non-hydrogen) atoms. The van der Waals surface area contributed by atoms with E-state index >= 15 is 0 Å². The minimum atomic E-state index is -0.838. The number of hydrogen-bond acceptors (Lipinski definition) is 4. The highest BCUT2D eigenvalue weighted by Gasteiger charge is 2.31. The van der Waals surface area contributed by atoms with E-state index in [9.17, 15) is 9.59 Å². The number of nitrogens with two attached hydrogens (primary N) is 1. The van der Waals surface area contributed by atoms with Crippen LogP contribution in [0.25, 0.3) is 0 Å². The van der Waals surface area contributed by atoms with E-state index in [1.807, 2.05) is 20.8 Å². The molecule has 2 unspecified atom stereocenters. The first kappa shape index (κ1) is 16.8. The topological polar surface area (TPSA) is 92.9 Å². The van der Waals surface area contributed by atoms with Crippen LogP contribution in [0.4, 0.5) is 4.79 Å². The van der Waals surface area contributed by atoms with Crippen molar-refractivity contribution in [3.8, 4) is 0 Å². The molecule has 0 saturated carbocycles. The fourth-order valence-corrected chi connectivity index (χ4v) is 2.55. The highest BCUT2D eigenvalue weighted by atomic mass is 16.6. The van der Waals surface area contributed by atoms with Crippen LogP contribution < -0.4 is 5.73 Å². The first-order valence-electron chi connectivity index (χ1n) is 7.12. The number of carboxylic acids is 1. The van der Waals surface area contributed by atoms with Crippen LogP contribution >= 0.6 is 0 Å². The van der Waals surface area contributed by atoms with E-state index in [4.69, 9.17) is 15.6 Å². The molecular weight excluding hydrogens is 260 g/mol. The number of carbonyl (C=O) groups excluding carboxylic acids is 1. The smallest absolute Gasteiger partial charge is 0.410 e. The van der Waals surface area contributed by atoms with E-state index in [0.29, 0.717) is 19.6 Å². The molecule has 6 heteroatoms. The van der Waals surface area contributed by atoms with E-state index in [2.05, 4.69) is 0 Å². The molecule has 1 rings (SSSR count). The molecule has 0 aromatic carbocycles. The number of hydrogen-bond donors (Lipinski definition) is 2. The minimum Gasteiger partial charge on any atom is -0.481 e. The van der Waals surface area contributed by atoms with Gasteiger partial charge in [-0.25, -0.2) is 4.79 Å². The molecule has 3 N–H and O–H groups in total. The third-order valence-corrected chi connectivity index (χ3v) is 3.52. The van der Waals surface area contributed by atoms with Gasteiger partial charge in [-0.3, -0.25) is 4.79 Å². The number of piperidine rings is 1. The molecule has 1 aliphatic rings. The molecule has 0 aliphatic carbocycles. The van der Waals surface area contributed by atoms with Gasteiger partial charge in [-0.05, 0) is 52.0 Å². The Morgan fingerprint density at radius 1 is 1.45 bits per heavy atom. The van der Waals surface area contributed by atoms with Crippen molar-refractivity contribution in [2.45, 2.75) is 45.6 Å². The van der Waals surface area contributed by atoms with Crippen LogP contribution in [0.3, 0.4) is 0 Å². The molecule has 1 fully saturated rings. The predicted molar refractivity (Wildman–Crippen MR) is 75.3 cm³/mol. The number of aliphatic carboxylic acids is 1. The van der Waals surface area contributed by atoms with E-state index in [1.54, 1.807) is 4.90 Å². The largest absolute Gasteiger partial charge is 0.481 e. The molecule has 0 aromatic heterocycles. The Morgan fingerprint density at radius 2 is 2.10 bits per heavy atom. The first-order valence-corrected chi connectivity index (χ1v) is 7.12. The summed E-state index contributed by atoms with van der Waals surface area (Å²) in [6.45, 7) is 7.03. The normalized spacial score (nSPS) is 21.4. The van der Waals surface area contributed by atoms with E-state index < -0.39 is 11.6 Å². The van der Waals surface area contributed by atoms with Crippen molar-refractivity contribution in [1.82, 2.24) is 4.90 Å². The van der Waals surface area contributed by atoms with Crippen molar-refractivity contribution in [1.29, 1.82) is 0 Å². The van der Waals surface area contributed by atoms with Gasteiger partial charge in [0.25, 0.3) is 0 Å². The van der Waals surface area contributed by atoms with Gasteiger partial charge in [-0.2, -0.15) is 0 Å². The average Bonchev–Trinajstić information content (AvgIpc) is 2.34. The molecule has 2 atom stereocenters. The molecule has 1 saturated heterocycles. The predicted octanol–water partition coefficient (Wildman–Crippen LogP) is 1.68. The average molecular weight is 286 g/mol. The van der Waals surface area contributed by atoms with Gasteiger partial charge in [-0.15, -0.1) is 0 Å². The molecule has 0 radical (unpaired) electrons. The third-order valence-electron chi connectivity index (χ3n) is 3.52. The Bertz CT molecular complexity index is 352. The second kappa shape index (κ2) is 6.92. The Labute approximate surface area is 120 Å². The SMILES string of the molecule is CC(C)(C)OC(=O)N1CCCC(C(CN)CC(=O)O)C1. The minimum absolute atomic E-state index is 0.0589. The fourth-order valence-electron chi connectivity index (χ4n) is 2.55. The molecule has 0 spiro atoms. The van der Waals surface area contributed by atoms with Gasteiger partial charge in [-0.1, -0.05) is 0 Å². The Hall–Kier alpha value is -1.30. The van der Waals surface area contributed by atoms with Crippen molar-refractivity contribution >= 4 is 12.1 Å². The highest BCUT2D eigenvalue weighted by Crippen LogP contribution is 2.26. The lowest BCUT2D eigenvalue weighted by atomic mass is 9.83. The zero-order valence-electron chi connectivity index (χ0n) is 12.6. The van der Waals surface area contributed by atoms with Crippen molar-refractivity contribution in [2.75, 3.05) is 19.6 Å². The second-order valence-corrected chi connectivity index (χ2v) is 6.42. The van der Waals surface area contributed by atoms with Crippen LogP contribution in [0, 0.1) is 11.8 Å². The van der Waals surface area contributed by atoms with Gasteiger partial charge in [0, 0.05) is 19.5 Å². The number of ether oxygens (including phenoxy) is 1. The van der Waals surface area contributed by atoms with Crippen LogP contribution in [-0.2, 0) is 9.53 Å². The fraction of sp³-hybridized carbons (Fsp3) is 0.857. The van der Waals surface area contributed by atoms with Crippen LogP contribution in [0.15, 0.2) is 0 Å². The van der Waals surface area contributed by atoms with E-state index in [-0.39, 0.29) is 24.3 Å². The molecule has 1 aliphatic heterocycles. The molecule has 116 valence electrons. The maximum Gasteiger partial charge on any atom is 0.410 e. The lowest BCUT2D eigenvalue weighted by Crippen LogP contribution is -2.45. The van der Waals surface area contributed by atoms with Gasteiger partial charge in [0.1, 0.15) is 5.60 Å². The summed E-state index contributed by atoms with van der Waals surface area (Å²) in [4.78, 5) is 24.6. The summed E-state index contributed by atoms with van der Waals surface area (Å²) in [6, 6.07) is 0. The first-order chi connectivity index (χ1) is 9.23. The van der Waals surface area contributed by atoms with E-state index in [0.717, 1.165) is 12.8 Å². The van der Waals surface area contributed by atoms with Crippen LogP contribution in [0.5, 0.6) is 0 Å².